The van der Waals surface area contributed by atoms with E-state index in [4.69, 9.17) is 9.47 Å². The number of sulfonamides is 1. The van der Waals surface area contributed by atoms with Crippen molar-refractivity contribution in [2.45, 2.75) is 102 Å². The number of nitrogens with zero attached hydrogens (tertiary/aromatic N) is 2. The van der Waals surface area contributed by atoms with Crippen molar-refractivity contribution in [3.63, 3.8) is 0 Å². The van der Waals surface area contributed by atoms with Crippen molar-refractivity contribution in [3.05, 3.63) is 53.6 Å². The third-order valence-corrected chi connectivity index (χ3v) is 12.2. The van der Waals surface area contributed by atoms with E-state index < -0.39 is 86.2 Å². The maximum absolute atomic E-state index is 14.2. The van der Waals surface area contributed by atoms with Crippen LogP contribution >= 0.6 is 0 Å². The molecule has 2 saturated carbocycles. The van der Waals surface area contributed by atoms with Crippen LogP contribution in [-0.4, -0.2) is 90.3 Å². The molecule has 0 radical (unpaired) electrons. The van der Waals surface area contributed by atoms with Crippen LogP contribution in [0.1, 0.15) is 76.5 Å². The maximum atomic E-state index is 14.2. The Labute approximate surface area is 298 Å². The van der Waals surface area contributed by atoms with Crippen LogP contribution in [-0.2, 0) is 47.0 Å². The Morgan fingerprint density at radius 3 is 2.55 bits per heavy atom. The third kappa shape index (κ3) is 7.63. The van der Waals surface area contributed by atoms with Gasteiger partial charge in [-0.2, -0.15) is 0 Å². The van der Waals surface area contributed by atoms with E-state index in [-0.39, 0.29) is 26.0 Å². The van der Waals surface area contributed by atoms with Crippen molar-refractivity contribution in [3.8, 4) is 0 Å². The first-order valence-corrected chi connectivity index (χ1v) is 19.1. The standard InChI is InChI=1S/C36H47N5O9S/c1-6-24-16-36(24,32(44)39-51(47,48)26-12-13-26)38-30(42)28-15-25-18-41(28)31(43)29(21(2)3)37-33(45)49-20-35(4,5)14-8-11-22-9-7-10-23-17-40(19-27(22)23)34(46)50-25/h6-11,21,24-26,28-29H,1,12-20H2,2-5H3,(H,37,45)(H,38,42)(H,39,44)/b11-8+/t24-,25-,28+,29+,36+/m1/s1. The molecule has 3 aliphatic heterocycles. The highest BCUT2D eigenvalue weighted by molar-refractivity contribution is 7.91. The Kier molecular flexibility index (Phi) is 9.72. The van der Waals surface area contributed by atoms with Crippen LogP contribution in [0.3, 0.4) is 0 Å². The molecule has 1 saturated heterocycles. The van der Waals surface area contributed by atoms with E-state index >= 15 is 0 Å². The van der Waals surface area contributed by atoms with Gasteiger partial charge in [0.05, 0.1) is 24.9 Å². The minimum Gasteiger partial charge on any atom is -0.449 e. The monoisotopic (exact) mass is 725 g/mol. The van der Waals surface area contributed by atoms with Crippen molar-refractivity contribution in [1.82, 2.24) is 25.2 Å². The predicted molar refractivity (Wildman–Crippen MR) is 186 cm³/mol. The lowest BCUT2D eigenvalue weighted by atomic mass is 9.90. The molecule has 5 aliphatic rings. The van der Waals surface area contributed by atoms with Gasteiger partial charge in [0.1, 0.15) is 23.7 Å². The van der Waals surface area contributed by atoms with Crippen LogP contribution in [0, 0.1) is 17.3 Å². The van der Waals surface area contributed by atoms with E-state index in [0.717, 1.165) is 16.7 Å². The highest BCUT2D eigenvalue weighted by Crippen LogP contribution is 2.45. The Balaban J connectivity index is 1.28. The van der Waals surface area contributed by atoms with Gasteiger partial charge < -0.3 is 25.0 Å². The van der Waals surface area contributed by atoms with Crippen molar-refractivity contribution in [2.75, 3.05) is 13.2 Å². The molecule has 51 heavy (non-hydrogen) atoms. The summed E-state index contributed by atoms with van der Waals surface area (Å²) in [5.41, 5.74) is 0.932. The Hall–Kier alpha value is -4.40. The average Bonchev–Trinajstić information content (AvgIpc) is 3.96. The van der Waals surface area contributed by atoms with Crippen LogP contribution in [0.4, 0.5) is 9.59 Å². The number of amides is 5. The SMILES string of the molecule is C=C[C@@H]1C[C@@]1(NC(=O)[C@@H]1C[C@@H]2CN1C(=O)[C@H](C(C)C)NC(=O)OCC(C)(C)C/C=C/c1cccc3c1CN(C3)C(=O)O2)C(=O)NS(=O)(=O)C1CC1. The molecule has 6 rings (SSSR count). The molecule has 5 atom stereocenters. The summed E-state index contributed by atoms with van der Waals surface area (Å²) >= 11 is 0. The van der Waals surface area contributed by atoms with Gasteiger partial charge in [0.2, 0.25) is 21.8 Å². The van der Waals surface area contributed by atoms with Crippen molar-refractivity contribution in [1.29, 1.82) is 0 Å². The van der Waals surface area contributed by atoms with Gasteiger partial charge in [-0.15, -0.1) is 6.58 Å². The molecule has 0 unspecified atom stereocenters. The molecule has 15 heteroatoms. The van der Waals surface area contributed by atoms with Crippen LogP contribution in [0.25, 0.3) is 6.08 Å². The molecular weight excluding hydrogens is 678 g/mol. The first-order valence-electron chi connectivity index (χ1n) is 17.5. The molecule has 3 N–H and O–H groups in total. The zero-order chi connectivity index (χ0) is 36.9. The summed E-state index contributed by atoms with van der Waals surface area (Å²) in [4.78, 5) is 71.2. The normalized spacial score (nSPS) is 29.9. The topological polar surface area (TPSA) is 181 Å². The zero-order valence-corrected chi connectivity index (χ0v) is 30.3. The number of rotatable bonds is 7. The lowest BCUT2D eigenvalue weighted by Crippen LogP contribution is -2.59. The van der Waals surface area contributed by atoms with Gasteiger partial charge >= 0.3 is 12.2 Å². The summed E-state index contributed by atoms with van der Waals surface area (Å²) < 4.78 is 38.9. The number of cyclic esters (lactones) is 1. The molecule has 1 aromatic rings. The summed E-state index contributed by atoms with van der Waals surface area (Å²) in [7, 11) is -3.91. The summed E-state index contributed by atoms with van der Waals surface area (Å²) in [5.74, 6) is -3.14. The van der Waals surface area contributed by atoms with E-state index in [0.29, 0.717) is 32.4 Å². The van der Waals surface area contributed by atoms with Crippen molar-refractivity contribution >= 4 is 46.0 Å². The fourth-order valence-electron chi connectivity index (χ4n) is 7.03. The Bertz CT molecular complexity index is 1770. The van der Waals surface area contributed by atoms with E-state index in [2.05, 4.69) is 21.9 Å². The van der Waals surface area contributed by atoms with Crippen LogP contribution in [0.15, 0.2) is 36.9 Å². The summed E-state index contributed by atoms with van der Waals surface area (Å²) in [6, 6.07) is 3.56. The predicted octanol–water partition coefficient (Wildman–Crippen LogP) is 2.97. The minimum absolute atomic E-state index is 0.0765. The Morgan fingerprint density at radius 2 is 1.88 bits per heavy atom. The van der Waals surface area contributed by atoms with Gasteiger partial charge in [-0.1, -0.05) is 64.1 Å². The second kappa shape index (κ2) is 13.6. The number of benzene rings is 1. The Morgan fingerprint density at radius 1 is 1.14 bits per heavy atom. The zero-order valence-electron chi connectivity index (χ0n) is 29.5. The summed E-state index contributed by atoms with van der Waals surface area (Å²) in [6.45, 7) is 11.7. The number of carbonyl (C=O) groups excluding carboxylic acids is 5. The third-order valence-electron chi connectivity index (χ3n) is 10.4. The van der Waals surface area contributed by atoms with Gasteiger partial charge in [-0.3, -0.25) is 24.0 Å². The van der Waals surface area contributed by atoms with E-state index in [1.54, 1.807) is 18.7 Å². The van der Waals surface area contributed by atoms with Gasteiger partial charge in [-0.25, -0.2) is 18.0 Å². The smallest absolute Gasteiger partial charge is 0.410 e. The molecular formula is C36H47N5O9S. The first-order chi connectivity index (χ1) is 24.0. The number of ether oxygens (including phenoxy) is 2. The molecule has 276 valence electrons. The first kappa shape index (κ1) is 36.4. The molecule has 4 bridgehead atoms. The number of alkyl carbamates (subject to hydrolysis) is 1. The second-order valence-corrected chi connectivity index (χ2v) is 17.4. The van der Waals surface area contributed by atoms with Crippen LogP contribution < -0.4 is 15.4 Å². The highest BCUT2D eigenvalue weighted by atomic mass is 32.2. The highest BCUT2D eigenvalue weighted by Gasteiger charge is 2.62. The molecule has 14 nitrogen and oxygen atoms in total. The average molecular weight is 726 g/mol. The molecule has 3 fully saturated rings. The number of nitrogens with one attached hydrogen (secondary N) is 3. The quantitative estimate of drug-likeness (QED) is 0.356. The minimum atomic E-state index is -3.91. The fourth-order valence-corrected chi connectivity index (χ4v) is 8.39. The number of hydrogen-bond donors (Lipinski definition) is 3. The van der Waals surface area contributed by atoms with E-state index in [1.807, 2.05) is 44.2 Å². The fraction of sp³-hybridized carbons (Fsp3) is 0.583. The number of carbonyl (C=O) groups is 5. The number of fused-ring (bicyclic) bond motifs is 3. The summed E-state index contributed by atoms with van der Waals surface area (Å²) in [5, 5.41) is 4.75. The van der Waals surface area contributed by atoms with Gasteiger partial charge in [-0.05, 0) is 48.3 Å². The molecule has 5 amide bonds. The maximum Gasteiger partial charge on any atom is 0.410 e. The lowest BCUT2D eigenvalue weighted by Gasteiger charge is -2.31. The van der Waals surface area contributed by atoms with Crippen LogP contribution in [0.5, 0.6) is 0 Å². The molecule has 3 heterocycles. The summed E-state index contributed by atoms with van der Waals surface area (Å²) in [6.07, 6.45) is 4.74. The lowest BCUT2D eigenvalue weighted by molar-refractivity contribution is -0.141. The second-order valence-electron chi connectivity index (χ2n) is 15.5. The largest absolute Gasteiger partial charge is 0.449 e. The number of hydrogen-bond acceptors (Lipinski definition) is 9. The molecule has 1 aromatic carbocycles. The van der Waals surface area contributed by atoms with Crippen molar-refractivity contribution in [2.24, 2.45) is 17.3 Å². The molecule has 0 spiro atoms. The molecule has 2 aliphatic carbocycles. The van der Waals surface area contributed by atoms with Gasteiger partial charge in [0, 0.05) is 24.3 Å². The molecule has 0 aromatic heterocycles. The number of allylic oxidation sites excluding steroid dienone is 1. The van der Waals surface area contributed by atoms with Crippen LogP contribution in [0.2, 0.25) is 0 Å². The van der Waals surface area contributed by atoms with E-state index in [1.165, 1.54) is 11.0 Å². The van der Waals surface area contributed by atoms with E-state index in [9.17, 15) is 32.4 Å². The van der Waals surface area contributed by atoms with Gasteiger partial charge in [0.15, 0.2) is 0 Å². The van der Waals surface area contributed by atoms with Crippen molar-refractivity contribution < 1.29 is 41.9 Å². The van der Waals surface area contributed by atoms with Gasteiger partial charge in [0.25, 0.3) is 5.91 Å².